The predicted molar refractivity (Wildman–Crippen MR) is 46.1 cm³/mol. The summed E-state index contributed by atoms with van der Waals surface area (Å²) in [5.74, 6) is -0.373. The lowest BCUT2D eigenvalue weighted by Crippen LogP contribution is -2.44. The van der Waals surface area contributed by atoms with Crippen molar-refractivity contribution in [3.8, 4) is 0 Å². The number of nitrogens with zero attached hydrogens (tertiary/aromatic N) is 1. The van der Waals surface area contributed by atoms with E-state index in [-0.39, 0.29) is 24.8 Å². The molecule has 1 fully saturated rings. The van der Waals surface area contributed by atoms with Crippen LogP contribution in [0.4, 0.5) is 13.2 Å². The van der Waals surface area contributed by atoms with Gasteiger partial charge in [-0.2, -0.15) is 13.2 Å². The van der Waals surface area contributed by atoms with Crippen molar-refractivity contribution in [1.82, 2.24) is 4.90 Å². The number of carbonyl (C=O) groups excluding carboxylic acids is 1. The summed E-state index contributed by atoms with van der Waals surface area (Å²) in [6.07, 6.45) is -4.22. The molecule has 0 N–H and O–H groups in total. The van der Waals surface area contributed by atoms with Crippen LogP contribution >= 0.6 is 11.6 Å². The van der Waals surface area contributed by atoms with Crippen LogP contribution in [0.5, 0.6) is 0 Å². The van der Waals surface area contributed by atoms with Crippen LogP contribution < -0.4 is 0 Å². The highest BCUT2D eigenvalue weighted by molar-refractivity contribution is 6.18. The predicted octanol–water partition coefficient (Wildman–Crippen LogP) is 2.02. The van der Waals surface area contributed by atoms with E-state index in [1.54, 1.807) is 0 Å². The normalized spacial score (nSPS) is 25.6. The third kappa shape index (κ3) is 2.32. The molecule has 1 aliphatic heterocycles. The summed E-state index contributed by atoms with van der Waals surface area (Å²) < 4.78 is 36.8. The van der Waals surface area contributed by atoms with Gasteiger partial charge in [0, 0.05) is 18.8 Å². The van der Waals surface area contributed by atoms with Crippen LogP contribution in [0.3, 0.4) is 0 Å². The van der Waals surface area contributed by atoms with E-state index in [1.165, 1.54) is 0 Å². The fraction of sp³-hybridized carbons (Fsp3) is 0.875. The second-order valence-corrected chi connectivity index (χ2v) is 3.80. The van der Waals surface area contributed by atoms with Crippen LogP contribution in [0.1, 0.15) is 13.3 Å². The number of amides is 1. The van der Waals surface area contributed by atoms with Gasteiger partial charge in [-0.25, -0.2) is 0 Å². The molecular weight excluding hydrogens is 219 g/mol. The molecule has 0 radical (unpaired) electrons. The zero-order valence-electron chi connectivity index (χ0n) is 7.64. The molecule has 1 rings (SSSR count). The summed E-state index contributed by atoms with van der Waals surface area (Å²) in [6.45, 7) is 1.11. The number of alkyl halides is 4. The minimum atomic E-state index is -4.35. The summed E-state index contributed by atoms with van der Waals surface area (Å²) >= 11 is 5.50. The third-order valence-corrected chi connectivity index (χ3v) is 2.83. The highest BCUT2D eigenvalue weighted by Gasteiger charge is 2.45. The smallest absolute Gasteiger partial charge is 0.331 e. The molecule has 0 saturated carbocycles. The van der Waals surface area contributed by atoms with Crippen LogP contribution in [0.2, 0.25) is 0 Å². The van der Waals surface area contributed by atoms with Gasteiger partial charge in [0.05, 0.1) is 0 Å². The van der Waals surface area contributed by atoms with Crippen molar-refractivity contribution in [2.45, 2.75) is 25.6 Å². The number of halogens is 4. The largest absolute Gasteiger partial charge is 0.408 e. The van der Waals surface area contributed by atoms with E-state index in [2.05, 4.69) is 0 Å². The summed E-state index contributed by atoms with van der Waals surface area (Å²) in [7, 11) is 0. The van der Waals surface area contributed by atoms with Crippen molar-refractivity contribution < 1.29 is 18.0 Å². The van der Waals surface area contributed by atoms with Crippen LogP contribution in [0.15, 0.2) is 0 Å². The Kier molecular flexibility index (Phi) is 3.29. The van der Waals surface area contributed by atoms with Gasteiger partial charge in [-0.15, -0.1) is 11.6 Å². The van der Waals surface area contributed by atoms with Crippen molar-refractivity contribution in [3.63, 3.8) is 0 Å². The van der Waals surface area contributed by atoms with Crippen molar-refractivity contribution in [2.75, 3.05) is 12.4 Å². The Morgan fingerprint density at radius 2 is 2.21 bits per heavy atom. The number of hydrogen-bond acceptors (Lipinski definition) is 1. The molecule has 0 aliphatic carbocycles. The number of rotatable bonds is 2. The van der Waals surface area contributed by atoms with Gasteiger partial charge >= 0.3 is 6.18 Å². The van der Waals surface area contributed by atoms with E-state index in [4.69, 9.17) is 11.6 Å². The Morgan fingerprint density at radius 1 is 1.64 bits per heavy atom. The second kappa shape index (κ2) is 3.96. The lowest BCUT2D eigenvalue weighted by Gasteiger charge is -2.26. The molecule has 2 unspecified atom stereocenters. The molecule has 6 heteroatoms. The van der Waals surface area contributed by atoms with Crippen LogP contribution in [-0.2, 0) is 4.79 Å². The first-order valence-corrected chi connectivity index (χ1v) is 4.82. The van der Waals surface area contributed by atoms with Gasteiger partial charge in [0.25, 0.3) is 0 Å². The van der Waals surface area contributed by atoms with E-state index < -0.39 is 18.1 Å². The average molecular weight is 230 g/mol. The Balaban J connectivity index is 2.66. The lowest BCUT2D eigenvalue weighted by atomic mass is 10.1. The molecule has 1 amide bonds. The Hall–Kier alpha value is -0.450. The van der Waals surface area contributed by atoms with Crippen molar-refractivity contribution in [2.24, 2.45) is 5.92 Å². The van der Waals surface area contributed by atoms with Gasteiger partial charge in [0.1, 0.15) is 6.04 Å². The molecule has 1 aliphatic rings. The fourth-order valence-electron chi connectivity index (χ4n) is 1.46. The summed E-state index contributed by atoms with van der Waals surface area (Å²) in [6, 6.07) is -1.71. The molecule has 0 aromatic rings. The molecule has 0 bridgehead atoms. The zero-order chi connectivity index (χ0) is 10.9. The monoisotopic (exact) mass is 229 g/mol. The van der Waals surface area contributed by atoms with Gasteiger partial charge < -0.3 is 4.90 Å². The van der Waals surface area contributed by atoms with E-state index in [9.17, 15) is 18.0 Å². The number of likely N-dealkylation sites (tertiary alicyclic amines) is 1. The van der Waals surface area contributed by atoms with Gasteiger partial charge in [0.2, 0.25) is 5.91 Å². The van der Waals surface area contributed by atoms with Gasteiger partial charge in [-0.3, -0.25) is 4.79 Å². The minimum absolute atomic E-state index is 0.114. The quantitative estimate of drug-likeness (QED) is 0.664. The van der Waals surface area contributed by atoms with Crippen LogP contribution in [0.25, 0.3) is 0 Å². The summed E-state index contributed by atoms with van der Waals surface area (Å²) in [4.78, 5) is 12.1. The Labute approximate surface area is 85.0 Å². The first-order valence-electron chi connectivity index (χ1n) is 4.28. The highest BCUT2D eigenvalue weighted by atomic mass is 35.5. The maximum atomic E-state index is 12.3. The summed E-state index contributed by atoms with van der Waals surface area (Å²) in [5.41, 5.74) is 0. The summed E-state index contributed by atoms with van der Waals surface area (Å²) in [5, 5.41) is 0. The molecule has 1 saturated heterocycles. The van der Waals surface area contributed by atoms with Crippen LogP contribution in [-0.4, -0.2) is 35.4 Å². The molecule has 1 heterocycles. The van der Waals surface area contributed by atoms with Crippen molar-refractivity contribution in [3.05, 3.63) is 0 Å². The SMILES string of the molecule is CC(N1CC(CCl)CC1=O)C(F)(F)F. The van der Waals surface area contributed by atoms with E-state index in [0.29, 0.717) is 0 Å². The Bertz CT molecular complexity index is 231. The molecule has 0 spiro atoms. The lowest BCUT2D eigenvalue weighted by molar-refractivity contribution is -0.182. The van der Waals surface area contributed by atoms with Crippen molar-refractivity contribution in [1.29, 1.82) is 0 Å². The first-order chi connectivity index (χ1) is 6.36. The molecule has 2 atom stereocenters. The topological polar surface area (TPSA) is 20.3 Å². The highest BCUT2D eigenvalue weighted by Crippen LogP contribution is 2.29. The minimum Gasteiger partial charge on any atom is -0.331 e. The maximum absolute atomic E-state index is 12.3. The molecule has 2 nitrogen and oxygen atoms in total. The molecule has 0 aromatic carbocycles. The van der Waals surface area contributed by atoms with Gasteiger partial charge in [0.15, 0.2) is 0 Å². The standard InChI is InChI=1S/C8H11ClF3NO/c1-5(8(10,11)12)13-4-6(3-9)2-7(13)14/h5-6H,2-4H2,1H3. The molecular formula is C8H11ClF3NO. The van der Waals surface area contributed by atoms with E-state index in [0.717, 1.165) is 11.8 Å². The second-order valence-electron chi connectivity index (χ2n) is 3.49. The Morgan fingerprint density at radius 3 is 2.57 bits per heavy atom. The average Bonchev–Trinajstić information content (AvgIpc) is 2.43. The van der Waals surface area contributed by atoms with Crippen LogP contribution in [0, 0.1) is 5.92 Å². The zero-order valence-corrected chi connectivity index (χ0v) is 8.40. The van der Waals surface area contributed by atoms with Gasteiger partial charge in [-0.05, 0) is 12.8 Å². The van der Waals surface area contributed by atoms with Crippen molar-refractivity contribution >= 4 is 17.5 Å². The number of carbonyl (C=O) groups is 1. The van der Waals surface area contributed by atoms with E-state index in [1.807, 2.05) is 0 Å². The fourth-order valence-corrected chi connectivity index (χ4v) is 1.67. The molecule has 14 heavy (non-hydrogen) atoms. The number of hydrogen-bond donors (Lipinski definition) is 0. The van der Waals surface area contributed by atoms with Gasteiger partial charge in [-0.1, -0.05) is 0 Å². The van der Waals surface area contributed by atoms with E-state index >= 15 is 0 Å². The third-order valence-electron chi connectivity index (χ3n) is 2.40. The molecule has 0 aromatic heterocycles. The molecule has 82 valence electrons. The first kappa shape index (κ1) is 11.6. The maximum Gasteiger partial charge on any atom is 0.408 e.